The third-order valence-electron chi connectivity index (χ3n) is 4.40. The molecule has 0 atom stereocenters. The van der Waals surface area contributed by atoms with Gasteiger partial charge < -0.3 is 10.2 Å². The number of rotatable bonds is 4. The molecular weight excluding hydrogens is 415 g/mol. The van der Waals surface area contributed by atoms with E-state index < -0.39 is 0 Å². The van der Waals surface area contributed by atoms with E-state index >= 15 is 0 Å². The molecule has 1 heterocycles. The zero-order valence-corrected chi connectivity index (χ0v) is 17.7. The molecule has 0 aromatic heterocycles. The molecule has 0 unspecified atom stereocenters. The fourth-order valence-corrected chi connectivity index (χ4v) is 4.06. The van der Waals surface area contributed by atoms with Crippen LogP contribution in [0.1, 0.15) is 21.5 Å². The smallest absolute Gasteiger partial charge is 0.253 e. The Bertz CT molecular complexity index is 925. The molecule has 1 aliphatic rings. The van der Waals surface area contributed by atoms with E-state index in [2.05, 4.69) is 5.32 Å². The van der Waals surface area contributed by atoms with Gasteiger partial charge in [0.15, 0.2) is 0 Å². The van der Waals surface area contributed by atoms with Crippen LogP contribution in [0.5, 0.6) is 0 Å². The highest BCUT2D eigenvalue weighted by molar-refractivity contribution is 7.99. The Morgan fingerprint density at radius 3 is 2.50 bits per heavy atom. The molecule has 1 aliphatic heterocycles. The zero-order valence-electron chi connectivity index (χ0n) is 15.4. The van der Waals surface area contributed by atoms with Gasteiger partial charge in [-0.15, -0.1) is 0 Å². The first-order valence-corrected chi connectivity index (χ1v) is 10.8. The molecule has 3 rings (SSSR count). The summed E-state index contributed by atoms with van der Waals surface area (Å²) in [6.07, 6.45) is 3.10. The molecule has 28 heavy (non-hydrogen) atoms. The summed E-state index contributed by atoms with van der Waals surface area (Å²) in [5.74, 6) is 1.73. The van der Waals surface area contributed by atoms with Crippen molar-refractivity contribution in [1.29, 1.82) is 0 Å². The predicted molar refractivity (Wildman–Crippen MR) is 119 cm³/mol. The van der Waals surface area contributed by atoms with E-state index in [9.17, 15) is 9.59 Å². The topological polar surface area (TPSA) is 49.4 Å². The number of hydrogen-bond donors (Lipinski definition) is 1. The van der Waals surface area contributed by atoms with E-state index in [1.165, 1.54) is 6.08 Å². The molecule has 4 nitrogen and oxygen atoms in total. The Labute approximate surface area is 178 Å². The zero-order chi connectivity index (χ0) is 20.1. The molecular formula is C21H20Cl2N2O2S. The average molecular weight is 435 g/mol. The number of carbonyl (C=O) groups excluding carboxylic acids is 2. The molecule has 0 spiro atoms. The second-order valence-corrected chi connectivity index (χ2v) is 8.47. The van der Waals surface area contributed by atoms with Crippen LogP contribution in [0.2, 0.25) is 10.0 Å². The van der Waals surface area contributed by atoms with E-state index in [-0.39, 0.29) is 11.8 Å². The van der Waals surface area contributed by atoms with Gasteiger partial charge in [0, 0.05) is 41.9 Å². The average Bonchev–Trinajstić information content (AvgIpc) is 2.70. The molecule has 1 N–H and O–H groups in total. The van der Waals surface area contributed by atoms with Crippen LogP contribution in [-0.4, -0.2) is 41.3 Å². The van der Waals surface area contributed by atoms with Gasteiger partial charge in [0.1, 0.15) is 0 Å². The Balaban J connectivity index is 1.65. The van der Waals surface area contributed by atoms with Crippen LogP contribution < -0.4 is 5.32 Å². The molecule has 0 saturated carbocycles. The first-order chi connectivity index (χ1) is 13.4. The molecule has 0 bridgehead atoms. The molecule has 1 fully saturated rings. The minimum Gasteiger partial charge on any atom is -0.337 e. The summed E-state index contributed by atoms with van der Waals surface area (Å²) in [6.45, 7) is 3.43. The second kappa shape index (κ2) is 9.50. The molecule has 1 saturated heterocycles. The third-order valence-corrected chi connectivity index (χ3v) is 6.08. The van der Waals surface area contributed by atoms with E-state index in [4.69, 9.17) is 23.2 Å². The molecule has 0 radical (unpaired) electrons. The number of halogens is 2. The van der Waals surface area contributed by atoms with E-state index in [0.29, 0.717) is 21.3 Å². The maximum absolute atomic E-state index is 12.6. The van der Waals surface area contributed by atoms with Crippen LogP contribution in [-0.2, 0) is 4.79 Å². The van der Waals surface area contributed by atoms with Crippen molar-refractivity contribution in [3.05, 3.63) is 69.2 Å². The van der Waals surface area contributed by atoms with Gasteiger partial charge in [0.05, 0.1) is 10.0 Å². The maximum atomic E-state index is 12.6. The maximum Gasteiger partial charge on any atom is 0.253 e. The van der Waals surface area contributed by atoms with Gasteiger partial charge in [-0.3, -0.25) is 9.59 Å². The van der Waals surface area contributed by atoms with Crippen LogP contribution in [0.3, 0.4) is 0 Å². The van der Waals surface area contributed by atoms with Crippen LogP contribution >= 0.6 is 35.0 Å². The Morgan fingerprint density at radius 1 is 1.07 bits per heavy atom. The van der Waals surface area contributed by atoms with Crippen molar-refractivity contribution >= 4 is 58.5 Å². The largest absolute Gasteiger partial charge is 0.337 e. The quantitative estimate of drug-likeness (QED) is 0.677. The number of nitrogens with one attached hydrogen (secondary N) is 1. The number of nitrogens with zero attached hydrogens (tertiary/aromatic N) is 1. The van der Waals surface area contributed by atoms with Crippen LogP contribution in [0.25, 0.3) is 6.08 Å². The number of thioether (sulfide) groups is 1. The monoisotopic (exact) mass is 434 g/mol. The van der Waals surface area contributed by atoms with Crippen molar-refractivity contribution in [3.63, 3.8) is 0 Å². The fraction of sp³-hybridized carbons (Fsp3) is 0.238. The van der Waals surface area contributed by atoms with Crippen molar-refractivity contribution in [2.45, 2.75) is 6.92 Å². The summed E-state index contributed by atoms with van der Waals surface area (Å²) in [7, 11) is 0. The molecule has 2 aromatic carbocycles. The fourth-order valence-electron chi connectivity index (χ4n) is 2.85. The SMILES string of the molecule is Cc1cc(C(=O)N2CCSCC2)ccc1NC(=O)/C=C/c1ccc(Cl)c(Cl)c1. The summed E-state index contributed by atoms with van der Waals surface area (Å²) in [5.41, 5.74) is 2.94. The summed E-state index contributed by atoms with van der Waals surface area (Å²) in [5, 5.41) is 3.75. The Morgan fingerprint density at radius 2 is 1.82 bits per heavy atom. The molecule has 2 amide bonds. The highest BCUT2D eigenvalue weighted by atomic mass is 35.5. The highest BCUT2D eigenvalue weighted by Gasteiger charge is 2.19. The Kier molecular flexibility index (Phi) is 7.05. The lowest BCUT2D eigenvalue weighted by Crippen LogP contribution is -2.37. The third kappa shape index (κ3) is 5.31. The summed E-state index contributed by atoms with van der Waals surface area (Å²) >= 11 is 13.7. The normalized spacial score (nSPS) is 14.3. The number of anilines is 1. The van der Waals surface area contributed by atoms with Crippen LogP contribution in [0.15, 0.2) is 42.5 Å². The second-order valence-electron chi connectivity index (χ2n) is 6.43. The summed E-state index contributed by atoms with van der Waals surface area (Å²) in [6, 6.07) is 10.5. The number of amides is 2. The molecule has 2 aromatic rings. The van der Waals surface area contributed by atoms with Crippen LogP contribution in [0.4, 0.5) is 5.69 Å². The lowest BCUT2D eigenvalue weighted by Gasteiger charge is -2.26. The number of hydrogen-bond acceptors (Lipinski definition) is 3. The number of benzene rings is 2. The van der Waals surface area contributed by atoms with Crippen molar-refractivity contribution < 1.29 is 9.59 Å². The number of aryl methyl sites for hydroxylation is 1. The van der Waals surface area contributed by atoms with E-state index in [0.717, 1.165) is 35.7 Å². The van der Waals surface area contributed by atoms with E-state index in [1.54, 1.807) is 36.4 Å². The van der Waals surface area contributed by atoms with Crippen LogP contribution in [0, 0.1) is 6.92 Å². The van der Waals surface area contributed by atoms with Crippen molar-refractivity contribution in [3.8, 4) is 0 Å². The summed E-state index contributed by atoms with van der Waals surface area (Å²) < 4.78 is 0. The number of carbonyl (C=O) groups is 2. The van der Waals surface area contributed by atoms with Gasteiger partial charge in [-0.2, -0.15) is 11.8 Å². The first-order valence-electron chi connectivity index (χ1n) is 8.86. The lowest BCUT2D eigenvalue weighted by atomic mass is 10.1. The lowest BCUT2D eigenvalue weighted by molar-refractivity contribution is -0.111. The molecule has 146 valence electrons. The van der Waals surface area contributed by atoms with Gasteiger partial charge in [-0.05, 0) is 54.5 Å². The molecule has 7 heteroatoms. The van der Waals surface area contributed by atoms with Gasteiger partial charge >= 0.3 is 0 Å². The molecule has 0 aliphatic carbocycles. The first kappa shape index (κ1) is 20.8. The predicted octanol–water partition coefficient (Wildman–Crippen LogP) is 5.14. The Hall–Kier alpha value is -1.95. The standard InChI is InChI=1S/C21H20Cl2N2O2S/c1-14-12-16(21(27)25-8-10-28-11-9-25)4-6-19(14)24-20(26)7-3-15-2-5-17(22)18(23)13-15/h2-7,12-13H,8-11H2,1H3,(H,24,26)/b7-3+. The summed E-state index contributed by atoms with van der Waals surface area (Å²) in [4.78, 5) is 26.7. The van der Waals surface area contributed by atoms with Crippen molar-refractivity contribution in [2.75, 3.05) is 29.9 Å². The minimum absolute atomic E-state index is 0.0424. The van der Waals surface area contributed by atoms with Gasteiger partial charge in [0.25, 0.3) is 5.91 Å². The van der Waals surface area contributed by atoms with Gasteiger partial charge in [0.2, 0.25) is 5.91 Å². The van der Waals surface area contributed by atoms with Crippen molar-refractivity contribution in [1.82, 2.24) is 4.90 Å². The van der Waals surface area contributed by atoms with E-state index in [1.807, 2.05) is 29.7 Å². The van der Waals surface area contributed by atoms with Gasteiger partial charge in [-0.1, -0.05) is 29.3 Å². The van der Waals surface area contributed by atoms with Gasteiger partial charge in [-0.25, -0.2) is 0 Å². The van der Waals surface area contributed by atoms with Crippen molar-refractivity contribution in [2.24, 2.45) is 0 Å². The minimum atomic E-state index is -0.263. The highest BCUT2D eigenvalue weighted by Crippen LogP contribution is 2.23.